The summed E-state index contributed by atoms with van der Waals surface area (Å²) in [4.78, 5) is 13.4. The first-order valence-electron chi connectivity index (χ1n) is 12.3. The predicted octanol–water partition coefficient (Wildman–Crippen LogP) is 3.15. The molecule has 0 saturated heterocycles. The van der Waals surface area contributed by atoms with Gasteiger partial charge in [0.15, 0.2) is 0 Å². The normalized spacial score (nSPS) is 13.8. The zero-order chi connectivity index (χ0) is 21.7. The van der Waals surface area contributed by atoms with E-state index in [0.29, 0.717) is 11.8 Å². The van der Waals surface area contributed by atoms with Gasteiger partial charge >= 0.3 is 51.4 Å². The van der Waals surface area contributed by atoms with E-state index in [4.69, 9.17) is 0 Å². The molecule has 0 heterocycles. The minimum Gasteiger partial charge on any atom is -0.549 e. The van der Waals surface area contributed by atoms with E-state index in [1.54, 1.807) is 0 Å². The van der Waals surface area contributed by atoms with Gasteiger partial charge < -0.3 is 9.90 Å². The summed E-state index contributed by atoms with van der Waals surface area (Å²) < 4.78 is 0. The molecule has 0 fully saturated rings. The van der Waals surface area contributed by atoms with E-state index in [0.717, 1.165) is 51.6 Å². The molecule has 3 nitrogen and oxygen atoms in total. The van der Waals surface area contributed by atoms with Crippen LogP contribution in [0.1, 0.15) is 105 Å². The standard InChI is InChI=1S/C26H49NO2.K/c1-5-9-11-13-15-17-19-24(7-3)21-27(23-26(28)29)22-25(8-4)20-18-16-14-12-10-6-2;/h15-18,24-25H,5-14,19-23H2,1-4H3,(H,28,29);/q;+1/p-1/b17-15+,18-16+;. The number of nitrogens with zero attached hydrogens (tertiary/aromatic N) is 1. The number of aliphatic carboxylic acids is 1. The molecular weight excluding hydrogens is 397 g/mol. The van der Waals surface area contributed by atoms with Gasteiger partial charge in [-0.1, -0.05) is 90.5 Å². The van der Waals surface area contributed by atoms with E-state index in [9.17, 15) is 9.90 Å². The number of hydrogen-bond acceptors (Lipinski definition) is 3. The molecule has 4 heteroatoms. The molecule has 0 aliphatic heterocycles. The van der Waals surface area contributed by atoms with E-state index in [-0.39, 0.29) is 57.9 Å². The van der Waals surface area contributed by atoms with E-state index in [1.807, 2.05) is 0 Å². The molecule has 0 rings (SSSR count). The maximum Gasteiger partial charge on any atom is 1.00 e. The van der Waals surface area contributed by atoms with Crippen LogP contribution in [0, 0.1) is 11.8 Å². The van der Waals surface area contributed by atoms with E-state index < -0.39 is 5.97 Å². The summed E-state index contributed by atoms with van der Waals surface area (Å²) >= 11 is 0. The van der Waals surface area contributed by atoms with Gasteiger partial charge in [-0.15, -0.1) is 0 Å². The first-order chi connectivity index (χ1) is 14.1. The molecule has 0 aromatic carbocycles. The number of carbonyl (C=O) groups is 1. The second kappa shape index (κ2) is 24.2. The second-order valence-electron chi connectivity index (χ2n) is 8.52. The topological polar surface area (TPSA) is 43.4 Å². The van der Waals surface area contributed by atoms with Gasteiger partial charge in [-0.3, -0.25) is 4.90 Å². The van der Waals surface area contributed by atoms with Crippen molar-refractivity contribution >= 4 is 5.97 Å². The van der Waals surface area contributed by atoms with E-state index >= 15 is 0 Å². The van der Waals surface area contributed by atoms with Crippen molar-refractivity contribution in [3.8, 4) is 0 Å². The van der Waals surface area contributed by atoms with Crippen molar-refractivity contribution in [3.05, 3.63) is 24.3 Å². The summed E-state index contributed by atoms with van der Waals surface area (Å²) in [6, 6.07) is 0. The Morgan fingerprint density at radius 3 is 1.53 bits per heavy atom. The van der Waals surface area contributed by atoms with Crippen LogP contribution in [0.4, 0.5) is 0 Å². The Morgan fingerprint density at radius 2 is 1.20 bits per heavy atom. The van der Waals surface area contributed by atoms with Crippen molar-refractivity contribution in [2.45, 2.75) is 105 Å². The number of carboxylic acid groups (broad SMARTS) is 1. The molecular formula is C26H48KNO2. The minimum atomic E-state index is -0.958. The third kappa shape index (κ3) is 20.4. The van der Waals surface area contributed by atoms with Gasteiger partial charge in [0.05, 0.1) is 5.97 Å². The molecule has 0 amide bonds. The van der Waals surface area contributed by atoms with Gasteiger partial charge in [-0.25, -0.2) is 0 Å². The fraction of sp³-hybridized carbons (Fsp3) is 0.808. The van der Waals surface area contributed by atoms with Crippen molar-refractivity contribution in [1.82, 2.24) is 4.90 Å². The first kappa shape index (κ1) is 32.7. The van der Waals surface area contributed by atoms with Crippen LogP contribution in [0.2, 0.25) is 0 Å². The SMILES string of the molecule is CCCCC/C=C/CC(CC)CN(CC(=O)[O-])CC(CC)C/C=C/CCCCC.[K+]. The molecule has 0 aromatic heterocycles. The van der Waals surface area contributed by atoms with Crippen molar-refractivity contribution in [2.75, 3.05) is 19.6 Å². The van der Waals surface area contributed by atoms with Gasteiger partial charge in [0, 0.05) is 19.6 Å². The summed E-state index contributed by atoms with van der Waals surface area (Å²) in [6.45, 7) is 10.6. The smallest absolute Gasteiger partial charge is 0.549 e. The van der Waals surface area contributed by atoms with Gasteiger partial charge in [0.2, 0.25) is 0 Å². The molecule has 0 radical (unpaired) electrons. The molecule has 0 N–H and O–H groups in total. The Morgan fingerprint density at radius 1 is 0.767 bits per heavy atom. The van der Waals surface area contributed by atoms with Crippen LogP contribution in [-0.2, 0) is 4.79 Å². The van der Waals surface area contributed by atoms with Crippen LogP contribution >= 0.6 is 0 Å². The monoisotopic (exact) mass is 445 g/mol. The number of carbonyl (C=O) groups excluding carboxylic acids is 1. The molecule has 0 aliphatic carbocycles. The third-order valence-electron chi connectivity index (χ3n) is 5.76. The number of allylic oxidation sites excluding steroid dienone is 4. The van der Waals surface area contributed by atoms with Crippen LogP contribution in [0.3, 0.4) is 0 Å². The average Bonchev–Trinajstić information content (AvgIpc) is 2.70. The van der Waals surface area contributed by atoms with Crippen LogP contribution in [0.15, 0.2) is 24.3 Å². The van der Waals surface area contributed by atoms with Gasteiger partial charge in [-0.05, 0) is 50.4 Å². The van der Waals surface area contributed by atoms with Crippen LogP contribution in [0.25, 0.3) is 0 Å². The van der Waals surface area contributed by atoms with Crippen LogP contribution in [-0.4, -0.2) is 30.5 Å². The molecule has 170 valence electrons. The Hall–Kier alpha value is 0.546. The molecule has 0 spiro atoms. The maximum atomic E-state index is 11.3. The summed E-state index contributed by atoms with van der Waals surface area (Å²) in [5, 5.41) is 11.3. The van der Waals surface area contributed by atoms with Crippen LogP contribution < -0.4 is 56.5 Å². The second-order valence-corrected chi connectivity index (χ2v) is 8.52. The van der Waals surface area contributed by atoms with Crippen LogP contribution in [0.5, 0.6) is 0 Å². The summed E-state index contributed by atoms with van der Waals surface area (Å²) in [6.07, 6.45) is 23.4. The Balaban J connectivity index is 0. The van der Waals surface area contributed by atoms with Crippen molar-refractivity contribution < 1.29 is 61.3 Å². The third-order valence-corrected chi connectivity index (χ3v) is 5.76. The van der Waals surface area contributed by atoms with Crippen molar-refractivity contribution in [2.24, 2.45) is 11.8 Å². The fourth-order valence-corrected chi connectivity index (χ4v) is 3.69. The number of hydrogen-bond donors (Lipinski definition) is 0. The van der Waals surface area contributed by atoms with Crippen molar-refractivity contribution in [1.29, 1.82) is 0 Å². The molecule has 0 aliphatic rings. The molecule has 2 unspecified atom stereocenters. The Bertz CT molecular complexity index is 405. The van der Waals surface area contributed by atoms with Gasteiger partial charge in [-0.2, -0.15) is 0 Å². The molecule has 30 heavy (non-hydrogen) atoms. The first-order valence-corrected chi connectivity index (χ1v) is 12.3. The number of carboxylic acids is 1. The zero-order valence-electron chi connectivity index (χ0n) is 20.8. The maximum absolute atomic E-state index is 11.3. The Labute approximate surface area is 230 Å². The minimum absolute atomic E-state index is 0. The van der Waals surface area contributed by atoms with Gasteiger partial charge in [0.1, 0.15) is 0 Å². The predicted molar refractivity (Wildman–Crippen MR) is 125 cm³/mol. The molecule has 0 saturated carbocycles. The zero-order valence-corrected chi connectivity index (χ0v) is 24.0. The summed E-state index contributed by atoms with van der Waals surface area (Å²) in [7, 11) is 0. The number of unbranched alkanes of at least 4 members (excludes halogenated alkanes) is 6. The van der Waals surface area contributed by atoms with E-state index in [2.05, 4.69) is 56.9 Å². The molecule has 2 atom stereocenters. The summed E-state index contributed by atoms with van der Waals surface area (Å²) in [5.41, 5.74) is 0. The summed E-state index contributed by atoms with van der Waals surface area (Å²) in [5.74, 6) is 0.0673. The fourth-order valence-electron chi connectivity index (χ4n) is 3.69. The van der Waals surface area contributed by atoms with Gasteiger partial charge in [0.25, 0.3) is 0 Å². The average molecular weight is 446 g/mol. The Kier molecular flexibility index (Phi) is 26.4. The quantitative estimate of drug-likeness (QED) is 0.164. The largest absolute Gasteiger partial charge is 1.00 e. The van der Waals surface area contributed by atoms with Crippen molar-refractivity contribution in [3.63, 3.8) is 0 Å². The molecule has 0 aromatic rings. The van der Waals surface area contributed by atoms with E-state index in [1.165, 1.54) is 38.5 Å². The molecule has 0 bridgehead atoms. The number of rotatable bonds is 20.